The van der Waals surface area contributed by atoms with Gasteiger partial charge in [-0.2, -0.15) is 0 Å². The molecule has 1 atom stereocenters. The number of hydrogen-bond acceptors (Lipinski definition) is 2. The van der Waals surface area contributed by atoms with Crippen LogP contribution in [0.2, 0.25) is 0 Å². The van der Waals surface area contributed by atoms with Crippen LogP contribution in [0.5, 0.6) is 0 Å². The molecule has 0 amide bonds. The van der Waals surface area contributed by atoms with Crippen molar-refractivity contribution in [1.82, 2.24) is 4.98 Å². The van der Waals surface area contributed by atoms with E-state index < -0.39 is 0 Å². The molecule has 0 saturated carbocycles. The van der Waals surface area contributed by atoms with Crippen molar-refractivity contribution >= 4 is 0 Å². The Bertz CT molecular complexity index is 471. The molecular weight excluding hydrogens is 215 g/mol. The zero-order valence-electron chi connectivity index (χ0n) is 9.51. The average Bonchev–Trinajstić information content (AvgIpc) is 2.38. The maximum atomic E-state index is 13.8. The summed E-state index contributed by atoms with van der Waals surface area (Å²) >= 11 is 0. The molecule has 0 aliphatic heterocycles. The average molecular weight is 230 g/mol. The van der Waals surface area contributed by atoms with Crippen LogP contribution < -0.4 is 5.73 Å². The molecule has 0 aliphatic rings. The fourth-order valence-electron chi connectivity index (χ4n) is 1.97. The standard InChI is InChI=1S/C14H15FN2/c15-13-6-2-1-5-11(13)12(8-9-16)14-7-3-4-10-17-14/h1-7,10,12H,8-9,16H2. The van der Waals surface area contributed by atoms with Crippen molar-refractivity contribution in [3.05, 3.63) is 65.7 Å². The van der Waals surface area contributed by atoms with Gasteiger partial charge in [0.2, 0.25) is 0 Å². The highest BCUT2D eigenvalue weighted by atomic mass is 19.1. The Morgan fingerprint density at radius 1 is 1.12 bits per heavy atom. The van der Waals surface area contributed by atoms with Crippen LogP contribution in [-0.2, 0) is 0 Å². The van der Waals surface area contributed by atoms with Gasteiger partial charge in [-0.25, -0.2) is 4.39 Å². The van der Waals surface area contributed by atoms with Gasteiger partial charge in [0.1, 0.15) is 5.82 Å². The molecule has 0 bridgehead atoms. The van der Waals surface area contributed by atoms with E-state index >= 15 is 0 Å². The lowest BCUT2D eigenvalue weighted by Crippen LogP contribution is -2.11. The van der Waals surface area contributed by atoms with Crippen molar-refractivity contribution < 1.29 is 4.39 Å². The maximum Gasteiger partial charge on any atom is 0.127 e. The second-order valence-corrected chi connectivity index (χ2v) is 3.91. The summed E-state index contributed by atoms with van der Waals surface area (Å²) < 4.78 is 13.8. The molecule has 0 saturated heterocycles. The van der Waals surface area contributed by atoms with E-state index in [1.807, 2.05) is 24.3 Å². The molecule has 1 aromatic carbocycles. The number of nitrogens with zero attached hydrogens (tertiary/aromatic N) is 1. The van der Waals surface area contributed by atoms with Gasteiger partial charge >= 0.3 is 0 Å². The molecule has 17 heavy (non-hydrogen) atoms. The van der Waals surface area contributed by atoms with Crippen LogP contribution in [0.25, 0.3) is 0 Å². The van der Waals surface area contributed by atoms with E-state index in [0.717, 1.165) is 5.69 Å². The van der Waals surface area contributed by atoms with E-state index in [0.29, 0.717) is 18.5 Å². The highest BCUT2D eigenvalue weighted by Crippen LogP contribution is 2.27. The summed E-state index contributed by atoms with van der Waals surface area (Å²) in [7, 11) is 0. The fraction of sp³-hybridized carbons (Fsp3) is 0.214. The zero-order valence-corrected chi connectivity index (χ0v) is 9.51. The number of rotatable bonds is 4. The van der Waals surface area contributed by atoms with Gasteiger partial charge in [-0.15, -0.1) is 0 Å². The second kappa shape index (κ2) is 5.55. The van der Waals surface area contributed by atoms with Crippen LogP contribution >= 0.6 is 0 Å². The Kier molecular flexibility index (Phi) is 3.83. The Balaban J connectivity index is 2.39. The van der Waals surface area contributed by atoms with Gasteiger partial charge in [0, 0.05) is 17.8 Å². The van der Waals surface area contributed by atoms with Gasteiger partial charge in [-0.1, -0.05) is 24.3 Å². The summed E-state index contributed by atoms with van der Waals surface area (Å²) in [6, 6.07) is 12.5. The summed E-state index contributed by atoms with van der Waals surface area (Å²) in [4.78, 5) is 4.29. The Hall–Kier alpha value is -1.74. The molecule has 0 fully saturated rings. The number of benzene rings is 1. The van der Waals surface area contributed by atoms with Crippen LogP contribution in [0, 0.1) is 5.82 Å². The van der Waals surface area contributed by atoms with Crippen molar-refractivity contribution in [2.45, 2.75) is 12.3 Å². The van der Waals surface area contributed by atoms with Gasteiger partial charge < -0.3 is 5.73 Å². The lowest BCUT2D eigenvalue weighted by Gasteiger charge is -2.16. The first kappa shape index (κ1) is 11.7. The summed E-state index contributed by atoms with van der Waals surface area (Å²) in [6.45, 7) is 0.509. The maximum absolute atomic E-state index is 13.8. The van der Waals surface area contributed by atoms with Gasteiger partial charge in [0.15, 0.2) is 0 Å². The number of hydrogen-bond donors (Lipinski definition) is 1. The van der Waals surface area contributed by atoms with E-state index in [4.69, 9.17) is 5.73 Å². The molecule has 0 radical (unpaired) electrons. The smallest absolute Gasteiger partial charge is 0.127 e. The zero-order chi connectivity index (χ0) is 12.1. The Morgan fingerprint density at radius 3 is 2.53 bits per heavy atom. The third kappa shape index (κ3) is 2.68. The SMILES string of the molecule is NCCC(c1ccccn1)c1ccccc1F. The molecule has 2 N–H and O–H groups in total. The van der Waals surface area contributed by atoms with Gasteiger partial charge in [0.25, 0.3) is 0 Å². The first-order valence-electron chi connectivity index (χ1n) is 5.68. The molecule has 1 unspecified atom stereocenters. The van der Waals surface area contributed by atoms with E-state index in [-0.39, 0.29) is 11.7 Å². The minimum Gasteiger partial charge on any atom is -0.330 e. The van der Waals surface area contributed by atoms with E-state index in [2.05, 4.69) is 4.98 Å². The summed E-state index contributed by atoms with van der Waals surface area (Å²) in [6.07, 6.45) is 2.41. The largest absolute Gasteiger partial charge is 0.330 e. The minimum absolute atomic E-state index is 0.0672. The quantitative estimate of drug-likeness (QED) is 0.877. The van der Waals surface area contributed by atoms with Crippen LogP contribution in [-0.4, -0.2) is 11.5 Å². The molecular formula is C14H15FN2. The van der Waals surface area contributed by atoms with Crippen LogP contribution in [0.4, 0.5) is 4.39 Å². The minimum atomic E-state index is -0.198. The summed E-state index contributed by atoms with van der Waals surface area (Å²) in [5, 5.41) is 0. The monoisotopic (exact) mass is 230 g/mol. The van der Waals surface area contributed by atoms with E-state index in [1.165, 1.54) is 6.07 Å². The van der Waals surface area contributed by atoms with Crippen molar-refractivity contribution in [1.29, 1.82) is 0 Å². The third-order valence-corrected chi connectivity index (χ3v) is 2.78. The number of pyridine rings is 1. The van der Waals surface area contributed by atoms with Gasteiger partial charge in [-0.05, 0) is 36.7 Å². The number of nitrogens with two attached hydrogens (primary N) is 1. The van der Waals surface area contributed by atoms with Gasteiger partial charge in [0.05, 0.1) is 0 Å². The van der Waals surface area contributed by atoms with Crippen molar-refractivity contribution in [3.8, 4) is 0 Å². The van der Waals surface area contributed by atoms with E-state index in [9.17, 15) is 4.39 Å². The first-order valence-corrected chi connectivity index (χ1v) is 5.68. The highest BCUT2D eigenvalue weighted by Gasteiger charge is 2.17. The van der Waals surface area contributed by atoms with Crippen LogP contribution in [0.15, 0.2) is 48.7 Å². The number of aromatic nitrogens is 1. The Labute approximate surface area is 100 Å². The molecule has 2 nitrogen and oxygen atoms in total. The highest BCUT2D eigenvalue weighted by molar-refractivity contribution is 5.29. The Morgan fingerprint density at radius 2 is 1.88 bits per heavy atom. The lowest BCUT2D eigenvalue weighted by atomic mass is 9.91. The van der Waals surface area contributed by atoms with Crippen molar-refractivity contribution in [2.75, 3.05) is 6.54 Å². The molecule has 1 heterocycles. The molecule has 2 aromatic rings. The van der Waals surface area contributed by atoms with Gasteiger partial charge in [-0.3, -0.25) is 4.98 Å². The summed E-state index contributed by atoms with van der Waals surface area (Å²) in [5.74, 6) is -0.265. The molecule has 1 aromatic heterocycles. The molecule has 3 heteroatoms. The normalized spacial score (nSPS) is 12.4. The molecule has 0 aliphatic carbocycles. The molecule has 2 rings (SSSR count). The molecule has 0 spiro atoms. The predicted molar refractivity (Wildman–Crippen MR) is 66.2 cm³/mol. The van der Waals surface area contributed by atoms with Crippen molar-refractivity contribution in [3.63, 3.8) is 0 Å². The third-order valence-electron chi connectivity index (χ3n) is 2.78. The van der Waals surface area contributed by atoms with Crippen molar-refractivity contribution in [2.24, 2.45) is 5.73 Å². The predicted octanol–water partition coefficient (Wildman–Crippen LogP) is 2.70. The second-order valence-electron chi connectivity index (χ2n) is 3.91. The number of halogens is 1. The first-order chi connectivity index (χ1) is 8.33. The molecule has 88 valence electrons. The fourth-order valence-corrected chi connectivity index (χ4v) is 1.97. The van der Waals surface area contributed by atoms with Crippen LogP contribution in [0.3, 0.4) is 0 Å². The van der Waals surface area contributed by atoms with Crippen LogP contribution in [0.1, 0.15) is 23.6 Å². The summed E-state index contributed by atoms with van der Waals surface area (Å²) in [5.41, 5.74) is 7.13. The topological polar surface area (TPSA) is 38.9 Å². The van der Waals surface area contributed by atoms with E-state index in [1.54, 1.807) is 18.3 Å². The lowest BCUT2D eigenvalue weighted by molar-refractivity contribution is 0.583.